The molecule has 0 saturated carbocycles. The van der Waals surface area contributed by atoms with Gasteiger partial charge in [-0.25, -0.2) is 14.2 Å². The van der Waals surface area contributed by atoms with Crippen LogP contribution in [0.15, 0.2) is 36.5 Å². The second-order valence-corrected chi connectivity index (χ2v) is 8.18. The Kier molecular flexibility index (Phi) is 6.11. The number of hydrogen-bond acceptors (Lipinski definition) is 6. The Morgan fingerprint density at radius 3 is 2.67 bits per heavy atom. The van der Waals surface area contributed by atoms with Crippen molar-refractivity contribution in [1.82, 2.24) is 9.88 Å². The predicted molar refractivity (Wildman–Crippen MR) is 111 cm³/mol. The third-order valence-corrected chi connectivity index (χ3v) is 4.63. The van der Waals surface area contributed by atoms with Crippen molar-refractivity contribution in [3.05, 3.63) is 42.1 Å². The number of likely N-dealkylation sites (tertiary alicyclic amines) is 1. The number of benzene rings is 1. The molecule has 1 fully saturated rings. The van der Waals surface area contributed by atoms with Crippen molar-refractivity contribution in [3.8, 4) is 22.9 Å². The van der Waals surface area contributed by atoms with E-state index in [0.29, 0.717) is 30.1 Å². The van der Waals surface area contributed by atoms with Crippen LogP contribution in [0.3, 0.4) is 0 Å². The van der Waals surface area contributed by atoms with Gasteiger partial charge < -0.3 is 20.1 Å². The number of alkyl halides is 1. The predicted octanol–water partition coefficient (Wildman–Crippen LogP) is 3.93. The summed E-state index contributed by atoms with van der Waals surface area (Å²) in [5, 5.41) is 9.53. The number of ether oxygens (including phenoxy) is 2. The van der Waals surface area contributed by atoms with Crippen molar-refractivity contribution in [1.29, 1.82) is 5.26 Å². The van der Waals surface area contributed by atoms with E-state index in [4.69, 9.17) is 15.2 Å². The third kappa shape index (κ3) is 5.17. The van der Waals surface area contributed by atoms with E-state index in [1.54, 1.807) is 57.3 Å². The number of nitrogens with two attached hydrogens (primary N) is 1. The van der Waals surface area contributed by atoms with Gasteiger partial charge in [0.15, 0.2) is 6.17 Å². The Labute approximate surface area is 175 Å². The minimum atomic E-state index is -1.39. The quantitative estimate of drug-likeness (QED) is 0.820. The molecule has 3 rings (SSSR count). The minimum Gasteiger partial charge on any atom is -0.486 e. The zero-order valence-electron chi connectivity index (χ0n) is 17.3. The highest BCUT2D eigenvalue weighted by Gasteiger charge is 2.35. The lowest BCUT2D eigenvalue weighted by Gasteiger charge is -2.35. The summed E-state index contributed by atoms with van der Waals surface area (Å²) in [6.45, 7) is 5.50. The Balaban J connectivity index is 1.69. The van der Waals surface area contributed by atoms with Gasteiger partial charge in [-0.2, -0.15) is 5.26 Å². The Morgan fingerprint density at radius 1 is 1.30 bits per heavy atom. The highest BCUT2D eigenvalue weighted by molar-refractivity contribution is 5.69. The number of carbonyl (C=O) groups is 1. The highest BCUT2D eigenvalue weighted by Crippen LogP contribution is 2.29. The van der Waals surface area contributed by atoms with Crippen LogP contribution in [0.25, 0.3) is 11.1 Å². The van der Waals surface area contributed by atoms with Crippen molar-refractivity contribution in [2.24, 2.45) is 0 Å². The van der Waals surface area contributed by atoms with Gasteiger partial charge in [-0.15, -0.1) is 0 Å². The molecule has 8 heteroatoms. The lowest BCUT2D eigenvalue weighted by Crippen LogP contribution is -2.50. The molecule has 2 N–H and O–H groups in total. The molecule has 1 aromatic carbocycles. The van der Waals surface area contributed by atoms with Gasteiger partial charge in [0.25, 0.3) is 0 Å². The van der Waals surface area contributed by atoms with Crippen LogP contribution in [-0.2, 0) is 4.74 Å². The van der Waals surface area contributed by atoms with Gasteiger partial charge in [0.1, 0.15) is 29.3 Å². The van der Waals surface area contributed by atoms with Gasteiger partial charge in [-0.1, -0.05) is 6.07 Å². The van der Waals surface area contributed by atoms with Crippen molar-refractivity contribution < 1.29 is 18.7 Å². The number of hydrogen-bond donors (Lipinski definition) is 1. The van der Waals surface area contributed by atoms with E-state index in [0.717, 1.165) is 11.1 Å². The Morgan fingerprint density at radius 2 is 2.03 bits per heavy atom. The van der Waals surface area contributed by atoms with Crippen LogP contribution in [-0.4, -0.2) is 46.9 Å². The molecule has 1 aliphatic rings. The molecule has 0 radical (unpaired) electrons. The van der Waals surface area contributed by atoms with E-state index < -0.39 is 24.0 Å². The molecule has 1 aliphatic heterocycles. The fourth-order valence-electron chi connectivity index (χ4n) is 3.20. The Hall–Kier alpha value is -3.34. The van der Waals surface area contributed by atoms with E-state index >= 15 is 0 Å². The average molecular weight is 412 g/mol. The summed E-state index contributed by atoms with van der Waals surface area (Å²) in [4.78, 5) is 17.5. The van der Waals surface area contributed by atoms with E-state index in [9.17, 15) is 14.4 Å². The monoisotopic (exact) mass is 412 g/mol. The minimum absolute atomic E-state index is 0.115. The van der Waals surface area contributed by atoms with Crippen LogP contribution in [0.4, 0.5) is 15.0 Å². The number of halogens is 1. The molecule has 2 heterocycles. The molecule has 30 heavy (non-hydrogen) atoms. The number of nitrogen functional groups attached to an aromatic ring is 1. The van der Waals surface area contributed by atoms with E-state index in [2.05, 4.69) is 11.1 Å². The van der Waals surface area contributed by atoms with Crippen LogP contribution < -0.4 is 10.5 Å². The number of amides is 1. The first-order chi connectivity index (χ1) is 14.2. The maximum Gasteiger partial charge on any atom is 0.410 e. The van der Waals surface area contributed by atoms with Gasteiger partial charge in [-0.3, -0.25) is 0 Å². The van der Waals surface area contributed by atoms with Crippen molar-refractivity contribution in [3.63, 3.8) is 0 Å². The fraction of sp³-hybridized carbons (Fsp3) is 0.409. The summed E-state index contributed by atoms with van der Waals surface area (Å²) in [5.41, 5.74) is 6.98. The number of nitriles is 1. The summed E-state index contributed by atoms with van der Waals surface area (Å²) >= 11 is 0. The number of anilines is 1. The fourth-order valence-corrected chi connectivity index (χ4v) is 3.20. The third-order valence-electron chi connectivity index (χ3n) is 4.63. The van der Waals surface area contributed by atoms with Gasteiger partial charge in [0, 0.05) is 19.2 Å². The van der Waals surface area contributed by atoms with Crippen LogP contribution in [0.2, 0.25) is 0 Å². The molecule has 0 unspecified atom stereocenters. The smallest absolute Gasteiger partial charge is 0.410 e. The van der Waals surface area contributed by atoms with Crippen LogP contribution in [0.5, 0.6) is 5.75 Å². The molecule has 0 aliphatic carbocycles. The number of aromatic nitrogens is 1. The summed E-state index contributed by atoms with van der Waals surface area (Å²) in [7, 11) is 0. The maximum atomic E-state index is 14.7. The van der Waals surface area contributed by atoms with Crippen LogP contribution in [0, 0.1) is 11.3 Å². The molecule has 0 spiro atoms. The average Bonchev–Trinajstić information content (AvgIpc) is 2.68. The first-order valence-corrected chi connectivity index (χ1v) is 9.71. The standard InChI is InChI=1S/C22H25FN4O3/c1-22(2,3)30-21(28)27-9-7-19(17(23)13-27)29-18-5-4-14(10-16(18)12-24)15-6-8-26-20(25)11-15/h4-6,8,10-11,17,19H,7,9,13H2,1-3H3,(H2,25,26)/t17-,19+/m1/s1. The van der Waals surface area contributed by atoms with Gasteiger partial charge in [-0.05, 0) is 56.2 Å². The summed E-state index contributed by atoms with van der Waals surface area (Å²) < 4.78 is 25.8. The molecule has 0 bridgehead atoms. The molecule has 2 atom stereocenters. The van der Waals surface area contributed by atoms with Gasteiger partial charge >= 0.3 is 6.09 Å². The second kappa shape index (κ2) is 8.57. The number of carbonyl (C=O) groups excluding carboxylic acids is 1. The first-order valence-electron chi connectivity index (χ1n) is 9.71. The van der Waals surface area contributed by atoms with Gasteiger partial charge in [0.2, 0.25) is 0 Å². The van der Waals surface area contributed by atoms with Crippen molar-refractivity contribution in [2.75, 3.05) is 18.8 Å². The lowest BCUT2D eigenvalue weighted by molar-refractivity contribution is -0.0106. The SMILES string of the molecule is CC(C)(C)OC(=O)N1CC[C@H](Oc2ccc(-c3ccnc(N)c3)cc2C#N)[C@H](F)C1. The van der Waals surface area contributed by atoms with Crippen LogP contribution >= 0.6 is 0 Å². The number of rotatable bonds is 3. The number of nitrogens with zero attached hydrogens (tertiary/aromatic N) is 3. The molecule has 158 valence electrons. The highest BCUT2D eigenvalue weighted by atomic mass is 19.1. The molecule has 1 amide bonds. The number of piperidine rings is 1. The summed E-state index contributed by atoms with van der Waals surface area (Å²) in [5.74, 6) is 0.685. The Bertz CT molecular complexity index is 968. The molecule has 1 aromatic heterocycles. The first kappa shape index (κ1) is 21.4. The maximum absolute atomic E-state index is 14.7. The van der Waals surface area contributed by atoms with Crippen molar-refractivity contribution >= 4 is 11.9 Å². The topological polar surface area (TPSA) is 101 Å². The summed E-state index contributed by atoms with van der Waals surface area (Å²) in [6.07, 6.45) is -0.792. The summed E-state index contributed by atoms with van der Waals surface area (Å²) in [6, 6.07) is 10.7. The van der Waals surface area contributed by atoms with E-state index in [1.165, 1.54) is 4.90 Å². The molecule has 1 saturated heterocycles. The van der Waals surface area contributed by atoms with Crippen LogP contribution in [0.1, 0.15) is 32.8 Å². The van der Waals surface area contributed by atoms with Crippen molar-refractivity contribution in [2.45, 2.75) is 45.1 Å². The van der Waals surface area contributed by atoms with Gasteiger partial charge in [0.05, 0.1) is 12.1 Å². The van der Waals surface area contributed by atoms with E-state index in [1.807, 2.05) is 0 Å². The molecular formula is C22H25FN4O3. The zero-order chi connectivity index (χ0) is 21.9. The molecule has 7 nitrogen and oxygen atoms in total. The zero-order valence-corrected chi connectivity index (χ0v) is 17.3. The molecule has 2 aromatic rings. The lowest BCUT2D eigenvalue weighted by atomic mass is 10.0. The molecular weight excluding hydrogens is 387 g/mol. The number of pyridine rings is 1. The second-order valence-electron chi connectivity index (χ2n) is 8.18. The normalized spacial score (nSPS) is 19.1. The largest absolute Gasteiger partial charge is 0.486 e. The van der Waals surface area contributed by atoms with E-state index in [-0.39, 0.29) is 6.54 Å².